The number of aromatic nitrogens is 1. The molecular formula is C10H11N3O3S2. The zero-order valence-electron chi connectivity index (χ0n) is 9.85. The highest BCUT2D eigenvalue weighted by atomic mass is 32.2. The third-order valence-corrected chi connectivity index (χ3v) is 3.67. The summed E-state index contributed by atoms with van der Waals surface area (Å²) in [4.78, 5) is 27.2. The van der Waals surface area contributed by atoms with Gasteiger partial charge < -0.3 is 10.1 Å². The minimum absolute atomic E-state index is 0.180. The molecule has 1 aromatic heterocycles. The minimum Gasteiger partial charge on any atom is -0.465 e. The Morgan fingerprint density at radius 1 is 1.61 bits per heavy atom. The van der Waals surface area contributed by atoms with Crippen molar-refractivity contribution in [2.45, 2.75) is 6.92 Å². The summed E-state index contributed by atoms with van der Waals surface area (Å²) < 4.78 is 4.59. The van der Waals surface area contributed by atoms with Crippen molar-refractivity contribution in [3.05, 3.63) is 10.6 Å². The third kappa shape index (κ3) is 4.01. The highest BCUT2D eigenvalue weighted by Crippen LogP contribution is 2.23. The molecule has 96 valence electrons. The van der Waals surface area contributed by atoms with E-state index in [2.05, 4.69) is 15.0 Å². The van der Waals surface area contributed by atoms with Crippen molar-refractivity contribution in [1.82, 2.24) is 4.98 Å². The van der Waals surface area contributed by atoms with Gasteiger partial charge in [0.05, 0.1) is 30.4 Å². The number of thiazole rings is 1. The summed E-state index contributed by atoms with van der Waals surface area (Å²) in [5.74, 6) is -0.276. The summed E-state index contributed by atoms with van der Waals surface area (Å²) in [5.41, 5.74) is 0.520. The number of ether oxygens (including phenoxy) is 1. The maximum absolute atomic E-state index is 11.5. The molecule has 0 atom stereocenters. The van der Waals surface area contributed by atoms with Gasteiger partial charge in [-0.2, -0.15) is 5.26 Å². The number of methoxy groups -OCH3 is 1. The van der Waals surface area contributed by atoms with E-state index < -0.39 is 5.97 Å². The Morgan fingerprint density at radius 2 is 2.33 bits per heavy atom. The van der Waals surface area contributed by atoms with E-state index >= 15 is 0 Å². The van der Waals surface area contributed by atoms with E-state index in [9.17, 15) is 9.59 Å². The van der Waals surface area contributed by atoms with Gasteiger partial charge in [0.1, 0.15) is 4.88 Å². The van der Waals surface area contributed by atoms with Gasteiger partial charge in [0.2, 0.25) is 5.91 Å². The van der Waals surface area contributed by atoms with Crippen molar-refractivity contribution < 1.29 is 14.3 Å². The Labute approximate surface area is 112 Å². The first-order valence-corrected chi connectivity index (χ1v) is 6.86. The number of hydrogen-bond acceptors (Lipinski definition) is 7. The van der Waals surface area contributed by atoms with Crippen LogP contribution < -0.4 is 5.32 Å². The van der Waals surface area contributed by atoms with Crippen LogP contribution in [-0.2, 0) is 9.53 Å². The van der Waals surface area contributed by atoms with Gasteiger partial charge in [-0.15, -0.1) is 11.8 Å². The van der Waals surface area contributed by atoms with Crippen LogP contribution >= 0.6 is 23.1 Å². The zero-order chi connectivity index (χ0) is 13.5. The van der Waals surface area contributed by atoms with Crippen LogP contribution in [0, 0.1) is 18.3 Å². The van der Waals surface area contributed by atoms with Crippen molar-refractivity contribution in [3.63, 3.8) is 0 Å². The predicted octanol–water partition coefficient (Wildman–Crippen LogP) is 1.43. The number of esters is 1. The molecule has 0 saturated carbocycles. The molecular weight excluding hydrogens is 274 g/mol. The molecule has 0 fully saturated rings. The molecule has 0 aromatic carbocycles. The van der Waals surface area contributed by atoms with Crippen LogP contribution in [0.15, 0.2) is 0 Å². The van der Waals surface area contributed by atoms with Crippen LogP contribution in [0.1, 0.15) is 15.4 Å². The minimum atomic E-state index is -0.468. The smallest absolute Gasteiger partial charge is 0.350 e. The first kappa shape index (κ1) is 14.5. The van der Waals surface area contributed by atoms with Gasteiger partial charge in [-0.05, 0) is 6.92 Å². The van der Waals surface area contributed by atoms with E-state index in [-0.39, 0.29) is 17.4 Å². The van der Waals surface area contributed by atoms with Gasteiger partial charge in [-0.3, -0.25) is 4.79 Å². The largest absolute Gasteiger partial charge is 0.465 e. The quantitative estimate of drug-likeness (QED) is 0.650. The van der Waals surface area contributed by atoms with Crippen LogP contribution in [0.3, 0.4) is 0 Å². The van der Waals surface area contributed by atoms with E-state index in [1.807, 2.05) is 6.07 Å². The average molecular weight is 285 g/mol. The van der Waals surface area contributed by atoms with Crippen LogP contribution in [-0.4, -0.2) is 35.5 Å². The van der Waals surface area contributed by atoms with Gasteiger partial charge in [0, 0.05) is 0 Å². The summed E-state index contributed by atoms with van der Waals surface area (Å²) in [6.07, 6.45) is 0. The molecule has 1 heterocycles. The van der Waals surface area contributed by atoms with Crippen LogP contribution in [0.25, 0.3) is 0 Å². The number of nitrogens with one attached hydrogen (secondary N) is 1. The summed E-state index contributed by atoms with van der Waals surface area (Å²) in [5, 5.41) is 11.3. The average Bonchev–Trinajstić information content (AvgIpc) is 2.69. The molecule has 0 radical (unpaired) electrons. The second kappa shape index (κ2) is 6.98. The van der Waals surface area contributed by atoms with Crippen LogP contribution in [0.5, 0.6) is 0 Å². The fourth-order valence-corrected chi connectivity index (χ4v) is 2.43. The molecule has 1 amide bonds. The molecule has 0 aliphatic carbocycles. The molecule has 8 heteroatoms. The topological polar surface area (TPSA) is 92.1 Å². The Bertz CT molecular complexity index is 493. The summed E-state index contributed by atoms with van der Waals surface area (Å²) >= 11 is 2.28. The fourth-order valence-electron chi connectivity index (χ4n) is 1.08. The fraction of sp³-hybridized carbons (Fsp3) is 0.400. The highest BCUT2D eigenvalue weighted by Gasteiger charge is 2.16. The normalized spacial score (nSPS) is 9.61. The predicted molar refractivity (Wildman–Crippen MR) is 69.8 cm³/mol. The van der Waals surface area contributed by atoms with E-state index in [0.717, 1.165) is 11.3 Å². The first-order valence-electron chi connectivity index (χ1n) is 4.88. The number of nitriles is 1. The number of nitrogens with zero attached hydrogens (tertiary/aromatic N) is 2. The molecule has 0 spiro atoms. The third-order valence-electron chi connectivity index (χ3n) is 1.81. The molecule has 0 bridgehead atoms. The Kier molecular flexibility index (Phi) is 5.61. The molecule has 0 saturated heterocycles. The Balaban J connectivity index is 2.61. The number of amides is 1. The van der Waals surface area contributed by atoms with Crippen molar-refractivity contribution in [2.75, 3.05) is 23.9 Å². The number of rotatable bonds is 5. The lowest BCUT2D eigenvalue weighted by Gasteiger charge is -1.98. The van der Waals surface area contributed by atoms with Crippen molar-refractivity contribution in [3.8, 4) is 6.07 Å². The molecule has 0 unspecified atom stereocenters. The van der Waals surface area contributed by atoms with Gasteiger partial charge in [-0.1, -0.05) is 11.3 Å². The summed E-state index contributed by atoms with van der Waals surface area (Å²) in [6.45, 7) is 1.67. The number of carbonyl (C=O) groups excluding carboxylic acids is 2. The van der Waals surface area contributed by atoms with E-state index in [4.69, 9.17) is 5.26 Å². The molecule has 0 aliphatic heterocycles. The van der Waals surface area contributed by atoms with Crippen LogP contribution in [0.2, 0.25) is 0 Å². The van der Waals surface area contributed by atoms with Gasteiger partial charge in [0.25, 0.3) is 0 Å². The molecule has 1 rings (SSSR count). The molecule has 0 aliphatic rings. The number of anilines is 1. The molecule has 6 nitrogen and oxygen atoms in total. The van der Waals surface area contributed by atoms with Gasteiger partial charge in [-0.25, -0.2) is 9.78 Å². The van der Waals surface area contributed by atoms with Gasteiger partial charge >= 0.3 is 5.97 Å². The second-order valence-corrected chi connectivity index (χ2v) is 5.11. The maximum Gasteiger partial charge on any atom is 0.350 e. The number of carbonyl (C=O) groups is 2. The molecule has 1 aromatic rings. The first-order chi connectivity index (χ1) is 8.58. The molecule has 1 N–H and O–H groups in total. The van der Waals surface area contributed by atoms with E-state index in [1.54, 1.807) is 6.92 Å². The van der Waals surface area contributed by atoms with E-state index in [1.165, 1.54) is 18.9 Å². The van der Waals surface area contributed by atoms with Gasteiger partial charge in [0.15, 0.2) is 5.13 Å². The van der Waals surface area contributed by atoms with Crippen molar-refractivity contribution in [2.24, 2.45) is 0 Å². The maximum atomic E-state index is 11.5. The summed E-state index contributed by atoms with van der Waals surface area (Å²) in [7, 11) is 1.29. The monoisotopic (exact) mass is 285 g/mol. The van der Waals surface area contributed by atoms with Crippen LogP contribution in [0.4, 0.5) is 5.13 Å². The zero-order valence-corrected chi connectivity index (χ0v) is 11.5. The lowest BCUT2D eigenvalue weighted by molar-refractivity contribution is -0.113. The van der Waals surface area contributed by atoms with E-state index in [0.29, 0.717) is 15.7 Å². The van der Waals surface area contributed by atoms with Crippen molar-refractivity contribution >= 4 is 40.1 Å². The second-order valence-electron chi connectivity index (χ2n) is 3.12. The Hall–Kier alpha value is -1.59. The Morgan fingerprint density at radius 3 is 2.94 bits per heavy atom. The standard InChI is InChI=1S/C10H11N3O3S2/c1-6-8(9(15)16-2)18-10(12-6)13-7(14)5-17-4-3-11/h4-5H2,1-2H3,(H,12,13,14). The SMILES string of the molecule is COC(=O)c1sc(NC(=O)CSCC#N)nc1C. The number of thioether (sulfide) groups is 1. The lowest BCUT2D eigenvalue weighted by Crippen LogP contribution is -2.14. The number of aryl methyl sites for hydroxylation is 1. The lowest BCUT2D eigenvalue weighted by atomic mass is 10.4. The highest BCUT2D eigenvalue weighted by molar-refractivity contribution is 8.00. The summed E-state index contributed by atoms with van der Waals surface area (Å²) in [6, 6.07) is 1.93. The molecule has 18 heavy (non-hydrogen) atoms. The number of hydrogen-bond donors (Lipinski definition) is 1. The van der Waals surface area contributed by atoms with Crippen molar-refractivity contribution in [1.29, 1.82) is 5.26 Å².